The largest absolute Gasteiger partial charge is 0.490 e. The number of nitrogens with one attached hydrogen (secondary N) is 1. The molecule has 2 bridgehead atoms. The van der Waals surface area contributed by atoms with E-state index in [1.807, 2.05) is 39.0 Å². The van der Waals surface area contributed by atoms with Crippen LogP contribution in [0, 0.1) is 23.7 Å². The molecule has 8 atom stereocenters. The third-order valence-electron chi connectivity index (χ3n) is 12.7. The second kappa shape index (κ2) is 16.7. The van der Waals surface area contributed by atoms with Gasteiger partial charge in [0.25, 0.3) is 11.8 Å². The minimum Gasteiger partial charge on any atom is -0.490 e. The van der Waals surface area contributed by atoms with Crippen LogP contribution in [0.5, 0.6) is 11.6 Å². The van der Waals surface area contributed by atoms with Gasteiger partial charge in [-0.2, -0.15) is 0 Å². The quantitative estimate of drug-likeness (QED) is 0.209. The van der Waals surface area contributed by atoms with E-state index in [0.717, 1.165) is 37.8 Å². The first kappa shape index (κ1) is 41.7. The SMILES string of the molecule is COc1nn(C)cc1C(=O)NS1(=O)=NC(=O)c2ccc3c(c2)N(CC2CCC2C(OC(=O)C(N)C(C)C)/C=C/CC(C)C1C)CC1(CCCc2cc(Cl)ccc21)CO3. The minimum atomic E-state index is -3.78. The number of ether oxygens (including phenoxy) is 3. The van der Waals surface area contributed by atoms with Crippen LogP contribution >= 0.6 is 11.6 Å². The van der Waals surface area contributed by atoms with Crippen LogP contribution in [-0.2, 0) is 38.3 Å². The van der Waals surface area contributed by atoms with E-state index >= 15 is 4.21 Å². The maximum Gasteiger partial charge on any atom is 0.323 e. The van der Waals surface area contributed by atoms with Crippen LogP contribution in [0.1, 0.15) is 91.6 Å². The molecule has 2 aliphatic carbocycles. The van der Waals surface area contributed by atoms with E-state index in [-0.39, 0.29) is 46.1 Å². The Hall–Kier alpha value is -4.40. The molecule has 13 nitrogen and oxygen atoms in total. The van der Waals surface area contributed by atoms with Gasteiger partial charge in [-0.1, -0.05) is 44.5 Å². The van der Waals surface area contributed by atoms with Crippen molar-refractivity contribution in [1.82, 2.24) is 14.5 Å². The highest BCUT2D eigenvalue weighted by Gasteiger charge is 2.45. The fourth-order valence-corrected chi connectivity index (χ4v) is 10.9. The lowest BCUT2D eigenvalue weighted by Crippen LogP contribution is -2.50. The van der Waals surface area contributed by atoms with E-state index in [0.29, 0.717) is 36.9 Å². The zero-order valence-electron chi connectivity index (χ0n) is 34.1. The average Bonchev–Trinajstić information content (AvgIpc) is 3.50. The Labute approximate surface area is 346 Å². The van der Waals surface area contributed by atoms with Crippen molar-refractivity contribution in [2.45, 2.75) is 89.0 Å². The Morgan fingerprint density at radius 3 is 2.67 bits per heavy atom. The van der Waals surface area contributed by atoms with Crippen LogP contribution in [0.15, 0.2) is 59.1 Å². The monoisotopic (exact) mass is 834 g/mol. The number of fused-ring (bicyclic) bond motifs is 4. The first-order valence-corrected chi connectivity index (χ1v) is 22.2. The van der Waals surface area contributed by atoms with Crippen LogP contribution in [-0.4, -0.2) is 76.0 Å². The van der Waals surface area contributed by atoms with E-state index in [1.54, 1.807) is 32.2 Å². The maximum absolute atomic E-state index is 15.1. The van der Waals surface area contributed by atoms with Gasteiger partial charge in [0, 0.05) is 48.3 Å². The number of aryl methyl sites for hydroxylation is 2. The number of aromatic nitrogens is 2. The zero-order valence-corrected chi connectivity index (χ0v) is 35.7. The van der Waals surface area contributed by atoms with Crippen molar-refractivity contribution in [2.24, 2.45) is 40.8 Å². The number of amides is 2. The highest BCUT2D eigenvalue weighted by atomic mass is 35.5. The number of nitrogens with zero attached hydrogens (tertiary/aromatic N) is 4. The number of hydrogen-bond acceptors (Lipinski definition) is 10. The molecular weight excluding hydrogens is 780 g/mol. The highest BCUT2D eigenvalue weighted by Crippen LogP contribution is 2.47. The number of allylic oxidation sites excluding steroid dienone is 1. The lowest BCUT2D eigenvalue weighted by Gasteiger charge is -2.46. The standard InChI is InChI=1S/C43H55ClN6O7S/c1-25(2)38(45)42(53)57-36-11-7-9-26(3)27(4)58(54,48-40(52)33-22-49(5)46-41(33)55-6)47-39(51)29-13-17-37-35(20-29)50(21-30-12-15-32(30)36)23-43(24-56-37)18-8-10-28-19-31(44)14-16-34(28)43/h7,11,13-14,16-17,19-20,22,25-27,30,32,36,38H,8-10,12,15,18,21,23-24,45H2,1-6H3,(H,47,48,51,52,54)/b11-7+. The molecule has 2 aliphatic heterocycles. The number of halogens is 1. The third-order valence-corrected chi connectivity index (χ3v) is 15.3. The Kier molecular flexibility index (Phi) is 12.0. The lowest BCUT2D eigenvalue weighted by atomic mass is 9.68. The van der Waals surface area contributed by atoms with Crippen molar-refractivity contribution in [3.05, 3.63) is 82.0 Å². The molecule has 1 saturated carbocycles. The first-order chi connectivity index (χ1) is 27.6. The van der Waals surface area contributed by atoms with Gasteiger partial charge in [-0.3, -0.25) is 23.8 Å². The van der Waals surface area contributed by atoms with E-state index in [9.17, 15) is 14.4 Å². The van der Waals surface area contributed by atoms with Gasteiger partial charge in [0.1, 0.15) is 33.4 Å². The van der Waals surface area contributed by atoms with Gasteiger partial charge in [0.15, 0.2) is 0 Å². The van der Waals surface area contributed by atoms with Gasteiger partial charge in [0.2, 0.25) is 5.88 Å². The molecule has 3 N–H and O–H groups in total. The molecular formula is C43H55ClN6O7S. The summed E-state index contributed by atoms with van der Waals surface area (Å²) in [4.78, 5) is 43.8. The average molecular weight is 835 g/mol. The number of carbonyl (C=O) groups is 3. The predicted octanol–water partition coefficient (Wildman–Crippen LogP) is 6.41. The van der Waals surface area contributed by atoms with Gasteiger partial charge >= 0.3 is 5.97 Å². The van der Waals surface area contributed by atoms with Crippen molar-refractivity contribution in [1.29, 1.82) is 0 Å². The maximum atomic E-state index is 15.1. The van der Waals surface area contributed by atoms with Crippen LogP contribution in [0.3, 0.4) is 0 Å². The first-order valence-electron chi connectivity index (χ1n) is 20.2. The molecule has 2 amide bonds. The molecule has 0 saturated heterocycles. The van der Waals surface area contributed by atoms with E-state index in [4.69, 9.17) is 31.5 Å². The molecule has 0 radical (unpaired) electrons. The number of benzene rings is 2. The Bertz CT molecular complexity index is 2230. The molecule has 312 valence electrons. The predicted molar refractivity (Wildman–Crippen MR) is 224 cm³/mol. The van der Waals surface area contributed by atoms with Gasteiger partial charge in [0.05, 0.1) is 24.7 Å². The molecule has 1 spiro atoms. The van der Waals surface area contributed by atoms with Crippen LogP contribution in [0.4, 0.5) is 5.69 Å². The number of nitrogens with two attached hydrogens (primary N) is 1. The number of carbonyl (C=O) groups excluding carboxylic acids is 3. The fraction of sp³-hybridized carbons (Fsp3) is 0.535. The van der Waals surface area contributed by atoms with Crippen molar-refractivity contribution in [3.63, 3.8) is 0 Å². The van der Waals surface area contributed by atoms with Crippen LogP contribution < -0.4 is 24.8 Å². The molecule has 1 aromatic heterocycles. The molecule has 2 aromatic carbocycles. The summed E-state index contributed by atoms with van der Waals surface area (Å²) in [5.41, 5.74) is 9.35. The summed E-state index contributed by atoms with van der Waals surface area (Å²) in [6.07, 6.45) is 9.77. The Morgan fingerprint density at radius 2 is 1.95 bits per heavy atom. The summed E-state index contributed by atoms with van der Waals surface area (Å²) in [7, 11) is -0.751. The van der Waals surface area contributed by atoms with Crippen LogP contribution in [0.25, 0.3) is 0 Å². The topological polar surface area (TPSA) is 167 Å². The smallest absolute Gasteiger partial charge is 0.323 e. The lowest BCUT2D eigenvalue weighted by molar-refractivity contribution is -0.154. The summed E-state index contributed by atoms with van der Waals surface area (Å²) in [6.45, 7) is 9.05. The molecule has 1 fully saturated rings. The van der Waals surface area contributed by atoms with Crippen molar-refractivity contribution >= 4 is 45.0 Å². The van der Waals surface area contributed by atoms with Crippen LogP contribution in [0.2, 0.25) is 5.02 Å². The molecule has 3 aromatic rings. The van der Waals surface area contributed by atoms with E-state index in [2.05, 4.69) is 31.2 Å². The Morgan fingerprint density at radius 1 is 1.16 bits per heavy atom. The number of esters is 1. The molecule has 58 heavy (non-hydrogen) atoms. The molecule has 3 heterocycles. The Balaban J connectivity index is 1.33. The summed E-state index contributed by atoms with van der Waals surface area (Å²) in [6, 6.07) is 10.5. The fourth-order valence-electron chi connectivity index (χ4n) is 8.81. The number of hydrogen-bond donors (Lipinski definition) is 2. The van der Waals surface area contributed by atoms with Crippen molar-refractivity contribution in [3.8, 4) is 11.6 Å². The van der Waals surface area contributed by atoms with Gasteiger partial charge < -0.3 is 24.8 Å². The second-order valence-corrected chi connectivity index (χ2v) is 19.6. The third kappa shape index (κ3) is 8.24. The van der Waals surface area contributed by atoms with Crippen molar-refractivity contribution < 1.29 is 32.8 Å². The minimum absolute atomic E-state index is 0.0130. The second-order valence-electron chi connectivity index (χ2n) is 16.9. The normalized spacial score (nSPS) is 29.4. The van der Waals surface area contributed by atoms with Crippen molar-refractivity contribution in [2.75, 3.05) is 31.7 Å². The summed E-state index contributed by atoms with van der Waals surface area (Å²) in [5, 5.41) is 4.07. The van der Waals surface area contributed by atoms with E-state index < -0.39 is 45.1 Å². The van der Waals surface area contributed by atoms with E-state index in [1.165, 1.54) is 29.1 Å². The summed E-state index contributed by atoms with van der Waals surface area (Å²) in [5.74, 6) is -1.51. The van der Waals surface area contributed by atoms with Gasteiger partial charge in [-0.15, -0.1) is 9.46 Å². The molecule has 15 heteroatoms. The number of methoxy groups -OCH3 is 1. The number of anilines is 1. The molecule has 8 unspecified atom stereocenters. The zero-order chi connectivity index (χ0) is 41.5. The molecule has 7 rings (SSSR count). The van der Waals surface area contributed by atoms with Gasteiger partial charge in [-0.05, 0) is 111 Å². The summed E-state index contributed by atoms with van der Waals surface area (Å²) >= 11 is 6.49. The number of rotatable bonds is 6. The highest BCUT2D eigenvalue weighted by molar-refractivity contribution is 7.93. The summed E-state index contributed by atoms with van der Waals surface area (Å²) < 4.78 is 41.7. The van der Waals surface area contributed by atoms with Gasteiger partial charge in [-0.25, -0.2) is 4.21 Å². The molecule has 4 aliphatic rings.